The zero-order chi connectivity index (χ0) is 16.1. The van der Waals surface area contributed by atoms with E-state index in [1.54, 1.807) is 11.0 Å². The van der Waals surface area contributed by atoms with Gasteiger partial charge >= 0.3 is 6.18 Å². The van der Waals surface area contributed by atoms with Crippen LogP contribution >= 0.6 is 24.2 Å². The van der Waals surface area contributed by atoms with Gasteiger partial charge in [0.05, 0.1) is 17.2 Å². The minimum Gasteiger partial charge on any atom is -0.329 e. The number of nitrogens with one attached hydrogen (secondary N) is 1. The van der Waals surface area contributed by atoms with Crippen LogP contribution in [0.3, 0.4) is 0 Å². The third kappa shape index (κ3) is 3.32. The van der Waals surface area contributed by atoms with E-state index in [0.717, 1.165) is 6.07 Å². The molecule has 1 atom stereocenters. The Morgan fingerprint density at radius 3 is 2.65 bits per heavy atom. The maximum absolute atomic E-state index is 13.4. The molecule has 8 heteroatoms. The molecule has 0 saturated carbocycles. The Morgan fingerprint density at radius 1 is 1.35 bits per heavy atom. The molecule has 0 bridgehead atoms. The molecule has 1 saturated heterocycles. The Kier molecular flexibility index (Phi) is 5.23. The number of benzene rings is 1. The quantitative estimate of drug-likeness (QED) is 0.809. The monoisotopic (exact) mass is 366 g/mol. The van der Waals surface area contributed by atoms with Crippen molar-refractivity contribution in [2.45, 2.75) is 36.2 Å². The molecule has 3 rings (SSSR count). The van der Waals surface area contributed by atoms with Crippen LogP contribution in [0.5, 0.6) is 0 Å². The second kappa shape index (κ2) is 6.53. The van der Waals surface area contributed by atoms with E-state index >= 15 is 0 Å². The molecule has 0 radical (unpaired) electrons. The molecular formula is C15H18ClF3N2OS. The van der Waals surface area contributed by atoms with Gasteiger partial charge in [-0.05, 0) is 17.7 Å². The summed E-state index contributed by atoms with van der Waals surface area (Å²) in [5.74, 6) is -0.491. The highest BCUT2D eigenvalue weighted by Crippen LogP contribution is 2.44. The van der Waals surface area contributed by atoms with Gasteiger partial charge in [-0.2, -0.15) is 13.2 Å². The van der Waals surface area contributed by atoms with Crippen LogP contribution in [0.2, 0.25) is 0 Å². The summed E-state index contributed by atoms with van der Waals surface area (Å²) in [5, 5.41) is 3.33. The summed E-state index contributed by atoms with van der Waals surface area (Å²) in [4.78, 5) is 14.5. The SMILES string of the molecule is CC(C)Sc1cc2c(c(C(F)(F)F)c1)C(=O)N1CCNC[C@@H]21.Cl. The summed E-state index contributed by atoms with van der Waals surface area (Å²) in [6.07, 6.45) is -4.52. The molecule has 1 amide bonds. The maximum atomic E-state index is 13.4. The number of halogens is 4. The predicted molar refractivity (Wildman–Crippen MR) is 86.3 cm³/mol. The molecule has 1 fully saturated rings. The Balaban J connectivity index is 0.00000192. The second-order valence-corrected chi connectivity index (χ2v) is 7.47. The van der Waals surface area contributed by atoms with Crippen LogP contribution in [-0.4, -0.2) is 35.7 Å². The van der Waals surface area contributed by atoms with Gasteiger partial charge < -0.3 is 10.2 Å². The normalized spacial score (nSPS) is 20.3. The van der Waals surface area contributed by atoms with Gasteiger partial charge in [-0.15, -0.1) is 24.2 Å². The van der Waals surface area contributed by atoms with Gasteiger partial charge in [0.15, 0.2) is 0 Å². The smallest absolute Gasteiger partial charge is 0.329 e. The summed E-state index contributed by atoms with van der Waals surface area (Å²) >= 11 is 1.39. The molecule has 2 aliphatic heterocycles. The molecule has 2 heterocycles. The van der Waals surface area contributed by atoms with Crippen LogP contribution in [0.1, 0.15) is 41.4 Å². The highest BCUT2D eigenvalue weighted by atomic mass is 35.5. The van der Waals surface area contributed by atoms with Gasteiger partial charge in [0.25, 0.3) is 5.91 Å². The summed E-state index contributed by atoms with van der Waals surface area (Å²) in [5.41, 5.74) is -0.447. The van der Waals surface area contributed by atoms with Crippen molar-refractivity contribution in [2.24, 2.45) is 0 Å². The molecule has 3 nitrogen and oxygen atoms in total. The number of carbonyl (C=O) groups is 1. The predicted octanol–water partition coefficient (Wildman–Crippen LogP) is 3.73. The first kappa shape index (κ1) is 18.4. The molecule has 1 aromatic rings. The number of thioether (sulfide) groups is 1. The highest BCUT2D eigenvalue weighted by molar-refractivity contribution is 7.99. The van der Waals surface area contributed by atoms with Crippen molar-refractivity contribution in [3.05, 3.63) is 28.8 Å². The van der Waals surface area contributed by atoms with E-state index in [1.807, 2.05) is 13.8 Å². The fourth-order valence-electron chi connectivity index (χ4n) is 3.07. The Labute approximate surface area is 143 Å². The van der Waals surface area contributed by atoms with Crippen LogP contribution in [0, 0.1) is 0 Å². The van der Waals surface area contributed by atoms with Crippen molar-refractivity contribution in [1.82, 2.24) is 10.2 Å². The van der Waals surface area contributed by atoms with Gasteiger partial charge in [-0.25, -0.2) is 0 Å². The van der Waals surface area contributed by atoms with E-state index in [-0.39, 0.29) is 29.3 Å². The van der Waals surface area contributed by atoms with E-state index in [9.17, 15) is 18.0 Å². The first-order valence-electron chi connectivity index (χ1n) is 7.22. The molecule has 1 aromatic carbocycles. The third-order valence-electron chi connectivity index (χ3n) is 3.90. The molecule has 0 aromatic heterocycles. The number of nitrogens with zero attached hydrogens (tertiary/aromatic N) is 1. The number of carbonyl (C=O) groups excluding carboxylic acids is 1. The fraction of sp³-hybridized carbons (Fsp3) is 0.533. The third-order valence-corrected chi connectivity index (χ3v) is 4.88. The van der Waals surface area contributed by atoms with E-state index in [4.69, 9.17) is 0 Å². The number of piperazine rings is 1. The van der Waals surface area contributed by atoms with Crippen LogP contribution in [0.4, 0.5) is 13.2 Å². The van der Waals surface area contributed by atoms with E-state index in [1.165, 1.54) is 11.8 Å². The summed E-state index contributed by atoms with van der Waals surface area (Å²) in [6, 6.07) is 2.59. The van der Waals surface area contributed by atoms with Crippen LogP contribution in [-0.2, 0) is 6.18 Å². The Morgan fingerprint density at radius 2 is 2.04 bits per heavy atom. The van der Waals surface area contributed by atoms with Crippen molar-refractivity contribution >= 4 is 30.1 Å². The van der Waals surface area contributed by atoms with Crippen molar-refractivity contribution in [3.63, 3.8) is 0 Å². The van der Waals surface area contributed by atoms with E-state index in [2.05, 4.69) is 5.32 Å². The Hall–Kier alpha value is -0.920. The highest BCUT2D eigenvalue weighted by Gasteiger charge is 2.45. The first-order chi connectivity index (χ1) is 10.3. The van der Waals surface area contributed by atoms with E-state index < -0.39 is 17.6 Å². The standard InChI is InChI=1S/C15H17F3N2OS.ClH/c1-8(2)22-9-5-10-12-7-19-3-4-20(12)14(21)13(10)11(6-9)15(16,17)18;/h5-6,8,12,19H,3-4,7H2,1-2H3;1H/t12-;/m0./s1. The van der Waals surface area contributed by atoms with Gasteiger partial charge in [0.1, 0.15) is 0 Å². The lowest BCUT2D eigenvalue weighted by Crippen LogP contribution is -2.44. The number of hydrogen-bond acceptors (Lipinski definition) is 3. The minimum absolute atomic E-state index is 0. The van der Waals surface area contributed by atoms with Crippen molar-refractivity contribution < 1.29 is 18.0 Å². The van der Waals surface area contributed by atoms with E-state index in [0.29, 0.717) is 30.1 Å². The van der Waals surface area contributed by atoms with Gasteiger partial charge in [-0.1, -0.05) is 13.8 Å². The zero-order valence-electron chi connectivity index (χ0n) is 12.7. The molecular weight excluding hydrogens is 349 g/mol. The molecule has 0 unspecified atom stereocenters. The lowest BCUT2D eigenvalue weighted by Gasteiger charge is -2.30. The molecule has 2 aliphatic rings. The number of amides is 1. The largest absolute Gasteiger partial charge is 0.417 e. The van der Waals surface area contributed by atoms with Crippen molar-refractivity contribution in [1.29, 1.82) is 0 Å². The molecule has 23 heavy (non-hydrogen) atoms. The van der Waals surface area contributed by atoms with Crippen LogP contribution in [0.25, 0.3) is 0 Å². The molecule has 0 aliphatic carbocycles. The number of fused-ring (bicyclic) bond motifs is 3. The molecule has 128 valence electrons. The zero-order valence-corrected chi connectivity index (χ0v) is 14.4. The number of rotatable bonds is 2. The van der Waals surface area contributed by atoms with Crippen LogP contribution < -0.4 is 5.32 Å². The molecule has 0 spiro atoms. The minimum atomic E-state index is -4.52. The summed E-state index contributed by atoms with van der Waals surface area (Å²) in [6.45, 7) is 5.44. The van der Waals surface area contributed by atoms with Crippen LogP contribution in [0.15, 0.2) is 17.0 Å². The average molecular weight is 367 g/mol. The van der Waals surface area contributed by atoms with Gasteiger partial charge in [-0.3, -0.25) is 4.79 Å². The Bertz CT molecular complexity index is 621. The lowest BCUT2D eigenvalue weighted by atomic mass is 9.98. The first-order valence-corrected chi connectivity index (χ1v) is 8.10. The number of alkyl halides is 3. The maximum Gasteiger partial charge on any atom is 0.417 e. The van der Waals surface area contributed by atoms with Crippen molar-refractivity contribution in [2.75, 3.05) is 19.6 Å². The second-order valence-electron chi connectivity index (χ2n) is 5.82. The lowest BCUT2D eigenvalue weighted by molar-refractivity contribution is -0.138. The van der Waals surface area contributed by atoms with Crippen molar-refractivity contribution in [3.8, 4) is 0 Å². The topological polar surface area (TPSA) is 32.3 Å². The summed E-state index contributed by atoms with van der Waals surface area (Å²) < 4.78 is 40.2. The fourth-order valence-corrected chi connectivity index (χ4v) is 4.00. The molecule has 1 N–H and O–H groups in total. The van der Waals surface area contributed by atoms with Gasteiger partial charge in [0.2, 0.25) is 0 Å². The summed E-state index contributed by atoms with van der Waals surface area (Å²) in [7, 11) is 0. The average Bonchev–Trinajstić information content (AvgIpc) is 2.71. The van der Waals surface area contributed by atoms with Gasteiger partial charge in [0, 0.05) is 29.8 Å². The number of hydrogen-bond donors (Lipinski definition) is 1.